The van der Waals surface area contributed by atoms with Gasteiger partial charge >= 0.3 is 0 Å². The Bertz CT molecular complexity index is 311. The number of nitrogens with zero attached hydrogens (tertiary/aromatic N) is 2. The van der Waals surface area contributed by atoms with Crippen LogP contribution in [0.2, 0.25) is 0 Å². The predicted molar refractivity (Wildman–Crippen MR) is 77.3 cm³/mol. The van der Waals surface area contributed by atoms with Gasteiger partial charge in [-0.1, -0.05) is 18.2 Å². The maximum Gasteiger partial charge on any atom is 0.0527 e. The molecule has 0 fully saturated rings. The van der Waals surface area contributed by atoms with Crippen LogP contribution in [0.25, 0.3) is 0 Å². The van der Waals surface area contributed by atoms with Gasteiger partial charge in [-0.2, -0.15) is 0 Å². The van der Waals surface area contributed by atoms with Gasteiger partial charge in [0.1, 0.15) is 0 Å². The summed E-state index contributed by atoms with van der Waals surface area (Å²) in [6, 6.07) is 0.230. The number of hydrogen-bond donors (Lipinski definition) is 1. The van der Waals surface area contributed by atoms with Gasteiger partial charge in [0.2, 0.25) is 0 Å². The Morgan fingerprint density at radius 2 is 2.12 bits per heavy atom. The van der Waals surface area contributed by atoms with Crippen molar-refractivity contribution in [3.63, 3.8) is 0 Å². The van der Waals surface area contributed by atoms with Crippen LogP contribution < -0.4 is 5.73 Å². The molecule has 0 saturated carbocycles. The zero-order chi connectivity index (χ0) is 13.3. The summed E-state index contributed by atoms with van der Waals surface area (Å²) in [4.78, 5) is 6.03. The Balaban J connectivity index is 4.47. The normalized spacial score (nSPS) is 15.0. The van der Waals surface area contributed by atoms with Gasteiger partial charge in [-0.05, 0) is 51.7 Å². The van der Waals surface area contributed by atoms with Gasteiger partial charge in [0.15, 0.2) is 0 Å². The summed E-state index contributed by atoms with van der Waals surface area (Å²) in [5.74, 6) is 0. The van der Waals surface area contributed by atoms with Crippen LogP contribution in [-0.4, -0.2) is 38.3 Å². The van der Waals surface area contributed by atoms with E-state index < -0.39 is 0 Å². The second-order valence-electron chi connectivity index (χ2n) is 4.33. The highest BCUT2D eigenvalue weighted by atomic mass is 15.1. The Morgan fingerprint density at radius 1 is 1.47 bits per heavy atom. The molecule has 0 rings (SSSR count). The average Bonchev–Trinajstić information content (AvgIpc) is 2.25. The van der Waals surface area contributed by atoms with Gasteiger partial charge in [0, 0.05) is 13.3 Å². The zero-order valence-corrected chi connectivity index (χ0v) is 11.5. The van der Waals surface area contributed by atoms with E-state index in [1.54, 1.807) is 19.5 Å². The van der Waals surface area contributed by atoms with Gasteiger partial charge in [0.25, 0.3) is 0 Å². The van der Waals surface area contributed by atoms with E-state index in [1.165, 1.54) is 5.57 Å². The minimum absolute atomic E-state index is 0.230. The van der Waals surface area contributed by atoms with Crippen LogP contribution in [0.3, 0.4) is 0 Å². The highest BCUT2D eigenvalue weighted by Crippen LogP contribution is 2.19. The lowest BCUT2D eigenvalue weighted by Crippen LogP contribution is -2.31. The van der Waals surface area contributed by atoms with Crippen molar-refractivity contribution in [1.82, 2.24) is 4.90 Å². The lowest BCUT2D eigenvalue weighted by Gasteiger charge is -2.27. The van der Waals surface area contributed by atoms with E-state index in [2.05, 4.69) is 22.5 Å². The van der Waals surface area contributed by atoms with Crippen molar-refractivity contribution in [2.24, 2.45) is 10.7 Å². The summed E-state index contributed by atoms with van der Waals surface area (Å²) in [6.07, 6.45) is 9.46. The summed E-state index contributed by atoms with van der Waals surface area (Å²) in [5, 5.41) is 0. The molecule has 1 unspecified atom stereocenters. The molecular weight excluding hydrogens is 210 g/mol. The van der Waals surface area contributed by atoms with Crippen molar-refractivity contribution < 1.29 is 0 Å². The van der Waals surface area contributed by atoms with E-state index in [0.29, 0.717) is 0 Å². The first kappa shape index (κ1) is 15.7. The van der Waals surface area contributed by atoms with Crippen molar-refractivity contribution in [3.8, 4) is 0 Å². The van der Waals surface area contributed by atoms with E-state index in [4.69, 9.17) is 5.73 Å². The minimum atomic E-state index is 0.230. The van der Waals surface area contributed by atoms with E-state index in [0.717, 1.165) is 18.4 Å². The van der Waals surface area contributed by atoms with Gasteiger partial charge < -0.3 is 5.73 Å². The lowest BCUT2D eigenvalue weighted by atomic mass is 9.96. The summed E-state index contributed by atoms with van der Waals surface area (Å²) in [5.41, 5.74) is 8.04. The number of allylic oxidation sites excluding steroid dienone is 2. The van der Waals surface area contributed by atoms with E-state index >= 15 is 0 Å². The molecule has 0 aromatic heterocycles. The third-order valence-corrected chi connectivity index (χ3v) is 2.52. The maximum absolute atomic E-state index is 5.71. The van der Waals surface area contributed by atoms with Crippen LogP contribution in [0.15, 0.2) is 41.1 Å². The summed E-state index contributed by atoms with van der Waals surface area (Å²) in [7, 11) is 5.85. The number of nitrogens with two attached hydrogens (primary N) is 1. The highest BCUT2D eigenvalue weighted by molar-refractivity contribution is 5.70. The van der Waals surface area contributed by atoms with Crippen LogP contribution in [0.5, 0.6) is 0 Å². The molecule has 0 bridgehead atoms. The molecule has 3 nitrogen and oxygen atoms in total. The van der Waals surface area contributed by atoms with Gasteiger partial charge in [0.05, 0.1) is 6.04 Å². The minimum Gasteiger partial charge on any atom is -0.405 e. The SMILES string of the molecule is C=C(C)C(/C(=C\N)CC/C=C\C=N/C)N(C)C. The number of likely N-dealkylation sites (N-methyl/N-ethyl adjacent to an activating group) is 1. The molecule has 0 aromatic carbocycles. The molecule has 2 N–H and O–H groups in total. The zero-order valence-electron chi connectivity index (χ0n) is 11.5. The number of rotatable bonds is 7. The molecule has 0 aliphatic carbocycles. The highest BCUT2D eigenvalue weighted by Gasteiger charge is 2.16. The Kier molecular flexibility index (Phi) is 8.07. The topological polar surface area (TPSA) is 41.6 Å². The monoisotopic (exact) mass is 235 g/mol. The molecule has 3 heteroatoms. The molecule has 0 aliphatic heterocycles. The average molecular weight is 235 g/mol. The molecule has 1 atom stereocenters. The Morgan fingerprint density at radius 3 is 2.53 bits per heavy atom. The van der Waals surface area contributed by atoms with Gasteiger partial charge in [-0.3, -0.25) is 9.89 Å². The molecule has 0 heterocycles. The molecular formula is C14H25N3. The first-order chi connectivity index (χ1) is 8.04. The van der Waals surface area contributed by atoms with Crippen molar-refractivity contribution in [2.75, 3.05) is 21.1 Å². The fourth-order valence-electron chi connectivity index (χ4n) is 1.89. The largest absolute Gasteiger partial charge is 0.405 e. The summed E-state index contributed by atoms with van der Waals surface area (Å²) < 4.78 is 0. The fraction of sp³-hybridized carbons (Fsp3) is 0.500. The van der Waals surface area contributed by atoms with Crippen molar-refractivity contribution in [1.29, 1.82) is 0 Å². The lowest BCUT2D eigenvalue weighted by molar-refractivity contribution is 0.359. The van der Waals surface area contributed by atoms with E-state index in [9.17, 15) is 0 Å². The third-order valence-electron chi connectivity index (χ3n) is 2.52. The molecule has 0 radical (unpaired) electrons. The van der Waals surface area contributed by atoms with Crippen LogP contribution in [-0.2, 0) is 0 Å². The van der Waals surface area contributed by atoms with Gasteiger partial charge in [-0.25, -0.2) is 0 Å². The molecule has 96 valence electrons. The smallest absolute Gasteiger partial charge is 0.0527 e. The van der Waals surface area contributed by atoms with Crippen molar-refractivity contribution in [3.05, 3.63) is 36.1 Å². The number of aliphatic imine (C=N–C) groups is 1. The molecule has 0 saturated heterocycles. The predicted octanol–water partition coefficient (Wildman–Crippen LogP) is 2.37. The Labute approximate surface area is 105 Å². The summed E-state index contributed by atoms with van der Waals surface area (Å²) in [6.45, 7) is 6.06. The van der Waals surface area contributed by atoms with Crippen LogP contribution in [0.4, 0.5) is 0 Å². The number of hydrogen-bond acceptors (Lipinski definition) is 3. The standard InChI is InChI=1S/C14H25N3/c1-12(2)14(17(4)5)13(11-15)9-7-6-8-10-16-3/h6,8,10-11,14H,1,7,9,15H2,2-5H3/b8-6-,13-11-,16-10-. The molecule has 0 aromatic rings. The molecule has 0 spiro atoms. The molecule has 17 heavy (non-hydrogen) atoms. The molecule has 0 aliphatic rings. The van der Waals surface area contributed by atoms with Gasteiger partial charge in [-0.15, -0.1) is 0 Å². The Hall–Kier alpha value is -1.35. The van der Waals surface area contributed by atoms with Crippen LogP contribution in [0.1, 0.15) is 19.8 Å². The first-order valence-corrected chi connectivity index (χ1v) is 5.84. The van der Waals surface area contributed by atoms with Crippen molar-refractivity contribution in [2.45, 2.75) is 25.8 Å². The van der Waals surface area contributed by atoms with E-state index in [1.807, 2.05) is 27.1 Å². The quantitative estimate of drug-likeness (QED) is 0.544. The molecule has 0 amide bonds. The maximum atomic E-state index is 5.71. The first-order valence-electron chi connectivity index (χ1n) is 5.84. The second kappa shape index (κ2) is 8.76. The van der Waals surface area contributed by atoms with E-state index in [-0.39, 0.29) is 6.04 Å². The van der Waals surface area contributed by atoms with Crippen molar-refractivity contribution >= 4 is 6.21 Å². The summed E-state index contributed by atoms with van der Waals surface area (Å²) >= 11 is 0. The third kappa shape index (κ3) is 6.07. The fourth-order valence-corrected chi connectivity index (χ4v) is 1.89. The van der Waals surface area contributed by atoms with Crippen LogP contribution in [0, 0.1) is 0 Å². The second-order valence-corrected chi connectivity index (χ2v) is 4.33. The van der Waals surface area contributed by atoms with Crippen LogP contribution >= 0.6 is 0 Å².